The average molecular weight is 306 g/mol. The maximum absolute atomic E-state index is 12.6. The molecule has 0 atom stereocenters. The molecule has 0 spiro atoms. The highest BCUT2D eigenvalue weighted by molar-refractivity contribution is 7.89. The van der Waals surface area contributed by atoms with E-state index in [-0.39, 0.29) is 18.1 Å². The fourth-order valence-corrected chi connectivity index (χ4v) is 3.22. The number of nitrogens with zero attached hydrogens (tertiary/aromatic N) is 2. The van der Waals surface area contributed by atoms with Crippen molar-refractivity contribution in [3.63, 3.8) is 0 Å². The second-order valence-electron chi connectivity index (χ2n) is 4.14. The molecule has 0 bridgehead atoms. The molecule has 0 saturated carbocycles. The van der Waals surface area contributed by atoms with Gasteiger partial charge in [0.1, 0.15) is 0 Å². The Balaban J connectivity index is 2.98. The van der Waals surface area contributed by atoms with Gasteiger partial charge in [0.25, 0.3) is 10.0 Å². The van der Waals surface area contributed by atoms with Crippen molar-refractivity contribution in [2.45, 2.75) is 11.6 Å². The molecule has 0 unspecified atom stereocenters. The number of H-pyrrole nitrogens is 1. The van der Waals surface area contributed by atoms with Crippen LogP contribution < -0.4 is 5.32 Å². The first-order valence-electron chi connectivity index (χ1n) is 6.22. The number of aromatic amines is 1. The minimum absolute atomic E-state index is 0.110. The van der Waals surface area contributed by atoms with Crippen LogP contribution in [0.3, 0.4) is 0 Å². The molecule has 1 aromatic heterocycles. The molecule has 0 amide bonds. The molecule has 0 aliphatic heterocycles. The smallest absolute Gasteiger partial charge is 0.260 e. The molecular weight excluding hydrogens is 284 g/mol. The van der Waals surface area contributed by atoms with Gasteiger partial charge in [-0.05, 0) is 7.05 Å². The molecule has 2 N–H and O–H groups in total. The second-order valence-corrected chi connectivity index (χ2v) is 6.02. The summed E-state index contributed by atoms with van der Waals surface area (Å²) in [4.78, 5) is 0. The van der Waals surface area contributed by atoms with E-state index in [4.69, 9.17) is 9.47 Å². The molecular formula is C11H22N4O4S. The van der Waals surface area contributed by atoms with Crippen LogP contribution in [0.15, 0.2) is 11.2 Å². The summed E-state index contributed by atoms with van der Waals surface area (Å²) < 4.78 is 36.5. The first kappa shape index (κ1) is 17.1. The third-order valence-electron chi connectivity index (χ3n) is 2.73. The molecule has 8 nitrogen and oxygen atoms in total. The number of hydrogen-bond donors (Lipinski definition) is 2. The Kier molecular flexibility index (Phi) is 7.10. The van der Waals surface area contributed by atoms with Crippen LogP contribution in [-0.2, 0) is 26.0 Å². The summed E-state index contributed by atoms with van der Waals surface area (Å²) in [5.74, 6) is 0. The molecule has 1 rings (SSSR count). The molecule has 0 aliphatic carbocycles. The van der Waals surface area contributed by atoms with Gasteiger partial charge in [-0.25, -0.2) is 8.42 Å². The van der Waals surface area contributed by atoms with E-state index in [2.05, 4.69) is 15.5 Å². The topological polar surface area (TPSA) is 96.5 Å². The SMILES string of the molecule is CNCc1cn[nH]c1S(=O)(=O)N(CCOC)CCOC. The van der Waals surface area contributed by atoms with Crippen molar-refractivity contribution in [3.8, 4) is 0 Å². The van der Waals surface area contributed by atoms with Crippen LogP contribution in [0.1, 0.15) is 5.56 Å². The second kappa shape index (κ2) is 8.32. The van der Waals surface area contributed by atoms with Crippen molar-refractivity contribution in [1.29, 1.82) is 0 Å². The van der Waals surface area contributed by atoms with Gasteiger partial charge in [0.2, 0.25) is 0 Å². The molecule has 0 radical (unpaired) electrons. The monoisotopic (exact) mass is 306 g/mol. The normalized spacial score (nSPS) is 12.2. The van der Waals surface area contributed by atoms with Crippen molar-refractivity contribution in [1.82, 2.24) is 19.8 Å². The van der Waals surface area contributed by atoms with Gasteiger partial charge in [-0.2, -0.15) is 9.40 Å². The van der Waals surface area contributed by atoms with E-state index in [1.165, 1.54) is 24.7 Å². The summed E-state index contributed by atoms with van der Waals surface area (Å²) in [5.41, 5.74) is 0.604. The molecule has 0 aromatic carbocycles. The van der Waals surface area contributed by atoms with E-state index >= 15 is 0 Å². The lowest BCUT2D eigenvalue weighted by Gasteiger charge is -2.21. The fraction of sp³-hybridized carbons (Fsp3) is 0.727. The van der Waals surface area contributed by atoms with Crippen molar-refractivity contribution >= 4 is 10.0 Å². The zero-order valence-corrected chi connectivity index (χ0v) is 12.9. The molecule has 20 heavy (non-hydrogen) atoms. The number of rotatable bonds is 10. The molecule has 0 saturated heterocycles. The first-order valence-corrected chi connectivity index (χ1v) is 7.66. The number of sulfonamides is 1. The standard InChI is InChI=1S/C11H22N4O4S/c1-12-8-10-9-13-14-11(10)20(16,17)15(4-6-18-2)5-7-19-3/h9,12H,4-8H2,1-3H3,(H,13,14). The van der Waals surface area contributed by atoms with Gasteiger partial charge in [-0.3, -0.25) is 5.10 Å². The average Bonchev–Trinajstić information content (AvgIpc) is 2.88. The van der Waals surface area contributed by atoms with Gasteiger partial charge >= 0.3 is 0 Å². The van der Waals surface area contributed by atoms with E-state index in [1.54, 1.807) is 7.05 Å². The molecule has 0 aliphatic rings. The van der Waals surface area contributed by atoms with Crippen LogP contribution in [0.25, 0.3) is 0 Å². The Morgan fingerprint density at radius 1 is 1.30 bits per heavy atom. The third-order valence-corrected chi connectivity index (χ3v) is 4.65. The highest BCUT2D eigenvalue weighted by Gasteiger charge is 2.28. The Morgan fingerprint density at radius 3 is 2.40 bits per heavy atom. The Morgan fingerprint density at radius 2 is 1.90 bits per heavy atom. The number of ether oxygens (including phenoxy) is 2. The van der Waals surface area contributed by atoms with Crippen LogP contribution in [0.4, 0.5) is 0 Å². The Labute approximate surface area is 119 Å². The van der Waals surface area contributed by atoms with Crippen LogP contribution in [0, 0.1) is 0 Å². The highest BCUT2D eigenvalue weighted by Crippen LogP contribution is 2.17. The number of hydrogen-bond acceptors (Lipinski definition) is 6. The van der Waals surface area contributed by atoms with Crippen molar-refractivity contribution in [2.75, 3.05) is 47.6 Å². The fourth-order valence-electron chi connectivity index (χ4n) is 1.71. The largest absolute Gasteiger partial charge is 0.383 e. The minimum Gasteiger partial charge on any atom is -0.383 e. The van der Waals surface area contributed by atoms with Gasteiger partial charge in [-0.1, -0.05) is 0 Å². The summed E-state index contributed by atoms with van der Waals surface area (Å²) in [6, 6.07) is 0. The quantitative estimate of drug-likeness (QED) is 0.600. The van der Waals surface area contributed by atoms with Crippen molar-refractivity contribution < 1.29 is 17.9 Å². The summed E-state index contributed by atoms with van der Waals surface area (Å²) in [6.45, 7) is 1.59. The number of nitrogens with one attached hydrogen (secondary N) is 2. The molecule has 116 valence electrons. The van der Waals surface area contributed by atoms with Crippen molar-refractivity contribution in [2.24, 2.45) is 0 Å². The lowest BCUT2D eigenvalue weighted by Crippen LogP contribution is -2.37. The lowest BCUT2D eigenvalue weighted by molar-refractivity contribution is 0.150. The van der Waals surface area contributed by atoms with Gasteiger partial charge in [-0.15, -0.1) is 0 Å². The van der Waals surface area contributed by atoms with Gasteiger partial charge in [0.15, 0.2) is 5.03 Å². The predicted octanol–water partition coefficient (Wildman–Crippen LogP) is -0.587. The van der Waals surface area contributed by atoms with E-state index in [0.717, 1.165) is 0 Å². The van der Waals surface area contributed by atoms with Crippen LogP contribution >= 0.6 is 0 Å². The van der Waals surface area contributed by atoms with Gasteiger partial charge in [0.05, 0.1) is 19.4 Å². The Bertz CT molecular complexity index is 480. The molecule has 1 heterocycles. The highest BCUT2D eigenvalue weighted by atomic mass is 32.2. The zero-order chi connectivity index (χ0) is 15.0. The van der Waals surface area contributed by atoms with Crippen LogP contribution in [0.5, 0.6) is 0 Å². The van der Waals surface area contributed by atoms with Gasteiger partial charge in [0, 0.05) is 39.4 Å². The Hall–Kier alpha value is -1.00. The van der Waals surface area contributed by atoms with Crippen LogP contribution in [-0.4, -0.2) is 70.5 Å². The summed E-state index contributed by atoms with van der Waals surface area (Å²) >= 11 is 0. The molecule has 0 fully saturated rings. The third kappa shape index (κ3) is 4.25. The first-order chi connectivity index (χ1) is 9.57. The number of aromatic nitrogens is 2. The predicted molar refractivity (Wildman–Crippen MR) is 73.9 cm³/mol. The van der Waals surface area contributed by atoms with Crippen LogP contribution in [0.2, 0.25) is 0 Å². The summed E-state index contributed by atoms with van der Waals surface area (Å²) in [7, 11) is 1.17. The number of methoxy groups -OCH3 is 2. The molecule has 1 aromatic rings. The lowest BCUT2D eigenvalue weighted by atomic mass is 10.4. The summed E-state index contributed by atoms with van der Waals surface area (Å²) in [6.07, 6.45) is 1.51. The minimum atomic E-state index is -3.64. The maximum Gasteiger partial charge on any atom is 0.260 e. The van der Waals surface area contributed by atoms with Crippen molar-refractivity contribution in [3.05, 3.63) is 11.8 Å². The van der Waals surface area contributed by atoms with E-state index in [9.17, 15) is 8.42 Å². The molecule has 9 heteroatoms. The van der Waals surface area contributed by atoms with E-state index in [0.29, 0.717) is 25.3 Å². The van der Waals surface area contributed by atoms with E-state index < -0.39 is 10.0 Å². The van der Waals surface area contributed by atoms with E-state index in [1.807, 2.05) is 0 Å². The maximum atomic E-state index is 12.6. The zero-order valence-electron chi connectivity index (χ0n) is 12.0. The summed E-state index contributed by atoms with van der Waals surface area (Å²) in [5, 5.41) is 9.41. The van der Waals surface area contributed by atoms with Gasteiger partial charge < -0.3 is 14.8 Å².